The highest BCUT2D eigenvalue weighted by Crippen LogP contribution is 2.29. The average Bonchev–Trinajstić information content (AvgIpc) is 3.20. The molecule has 2 aromatic rings. The van der Waals surface area contributed by atoms with E-state index in [9.17, 15) is 28.4 Å². The van der Waals surface area contributed by atoms with Gasteiger partial charge < -0.3 is 15.3 Å². The Morgan fingerprint density at radius 2 is 2.12 bits per heavy atom. The lowest BCUT2D eigenvalue weighted by molar-refractivity contribution is -0.131. The zero-order chi connectivity index (χ0) is 24.5. The lowest BCUT2D eigenvalue weighted by atomic mass is 10.0. The molecule has 10 heteroatoms. The van der Waals surface area contributed by atoms with Crippen molar-refractivity contribution >= 4 is 27.3 Å². The maximum absolute atomic E-state index is 13.3. The predicted molar refractivity (Wildman–Crippen MR) is 125 cm³/mol. The van der Waals surface area contributed by atoms with E-state index in [1.165, 1.54) is 12.1 Å². The highest BCUT2D eigenvalue weighted by molar-refractivity contribution is 7.92. The molecule has 0 spiro atoms. The number of fused-ring (bicyclic) bond motifs is 1. The fraction of sp³-hybridized carbons (Fsp3) is 0.375. The summed E-state index contributed by atoms with van der Waals surface area (Å²) in [5, 5.41) is 21.8. The van der Waals surface area contributed by atoms with Gasteiger partial charge in [0.25, 0.3) is 0 Å². The molecule has 0 aromatic heterocycles. The van der Waals surface area contributed by atoms with Crippen LogP contribution in [0.25, 0.3) is 0 Å². The molecule has 34 heavy (non-hydrogen) atoms. The van der Waals surface area contributed by atoms with Gasteiger partial charge in [-0.1, -0.05) is 18.2 Å². The van der Waals surface area contributed by atoms with Crippen LogP contribution in [0.5, 0.6) is 0 Å². The van der Waals surface area contributed by atoms with Crippen molar-refractivity contribution in [2.45, 2.75) is 29.9 Å². The molecule has 2 N–H and O–H groups in total. The van der Waals surface area contributed by atoms with Gasteiger partial charge in [0.05, 0.1) is 40.8 Å². The molecule has 1 fully saturated rings. The van der Waals surface area contributed by atoms with Crippen molar-refractivity contribution in [2.75, 3.05) is 37.8 Å². The summed E-state index contributed by atoms with van der Waals surface area (Å²) in [5.74, 6) is -1.38. The Bertz CT molecular complexity index is 1270. The number of anilines is 1. The van der Waals surface area contributed by atoms with Crippen LogP contribution in [0.2, 0.25) is 0 Å². The first-order valence-corrected chi connectivity index (χ1v) is 12.6. The summed E-state index contributed by atoms with van der Waals surface area (Å²) >= 11 is 0. The molecule has 0 aliphatic carbocycles. The summed E-state index contributed by atoms with van der Waals surface area (Å²) in [6.07, 6.45) is 0.289. The molecule has 0 saturated carbocycles. The Balaban J connectivity index is 1.57. The minimum Gasteiger partial charge on any atom is -0.392 e. The van der Waals surface area contributed by atoms with Gasteiger partial charge in [-0.25, -0.2) is 8.42 Å². The third-order valence-corrected chi connectivity index (χ3v) is 7.94. The lowest BCUT2D eigenvalue weighted by Crippen LogP contribution is -2.39. The number of nitrogens with zero attached hydrogens (tertiary/aromatic N) is 3. The molecule has 4 rings (SSSR count). The number of hydrogen-bond donors (Lipinski definition) is 2. The quantitative estimate of drug-likeness (QED) is 0.630. The van der Waals surface area contributed by atoms with E-state index in [-0.39, 0.29) is 29.0 Å². The number of aliphatic hydroxyl groups is 1. The van der Waals surface area contributed by atoms with Crippen LogP contribution in [-0.4, -0.2) is 73.7 Å². The van der Waals surface area contributed by atoms with Crippen molar-refractivity contribution in [3.05, 3.63) is 59.2 Å². The zero-order valence-corrected chi connectivity index (χ0v) is 19.6. The van der Waals surface area contributed by atoms with Gasteiger partial charge in [0, 0.05) is 26.7 Å². The van der Waals surface area contributed by atoms with Crippen LogP contribution < -0.4 is 5.32 Å². The van der Waals surface area contributed by atoms with Crippen LogP contribution >= 0.6 is 0 Å². The summed E-state index contributed by atoms with van der Waals surface area (Å²) in [4.78, 5) is 28.8. The van der Waals surface area contributed by atoms with Gasteiger partial charge in [0.2, 0.25) is 11.8 Å². The fourth-order valence-electron chi connectivity index (χ4n) is 4.46. The number of likely N-dealkylation sites (N-methyl/N-ethyl adjacent to an activating group) is 1. The first-order chi connectivity index (χ1) is 16.2. The summed E-state index contributed by atoms with van der Waals surface area (Å²) in [6.45, 7) is 1.75. The zero-order valence-electron chi connectivity index (χ0n) is 18.8. The number of amides is 2. The lowest BCUT2D eigenvalue weighted by Gasteiger charge is -2.32. The topological polar surface area (TPSA) is 131 Å². The number of benzene rings is 2. The molecule has 2 aromatic carbocycles. The molecular formula is C24H26N4O5S. The molecule has 2 heterocycles. The fourth-order valence-corrected chi connectivity index (χ4v) is 5.75. The number of β-amino-alcohol motifs (C(OH)–C–C–N with tert-alkyl or cyclic N) is 1. The van der Waals surface area contributed by atoms with Gasteiger partial charge >= 0.3 is 0 Å². The van der Waals surface area contributed by atoms with Gasteiger partial charge in [-0.15, -0.1) is 0 Å². The molecule has 9 nitrogen and oxygen atoms in total. The number of carbonyl (C=O) groups is 2. The van der Waals surface area contributed by atoms with E-state index in [0.29, 0.717) is 30.6 Å². The number of carbonyl (C=O) groups excluding carboxylic acids is 2. The number of hydrogen-bond acceptors (Lipinski definition) is 7. The standard InChI is InChI=1S/C24H26N4O5S/c1-27(21(14-28-8-7-19(29)13-28)18-4-2-3-17(9-18)12-25)24(31)11-16-5-6-22-20(10-16)26-23(30)15-34(22,32)33/h2-6,9-10,19,21,29H,7-8,11,13-15H2,1H3,(H,26,30)/t19-,21?/m0/s1. The van der Waals surface area contributed by atoms with Crippen LogP contribution in [0.3, 0.4) is 0 Å². The van der Waals surface area contributed by atoms with E-state index in [2.05, 4.69) is 16.3 Å². The normalized spacial score (nSPS) is 20.1. The van der Waals surface area contributed by atoms with Crippen molar-refractivity contribution in [3.63, 3.8) is 0 Å². The third kappa shape index (κ3) is 5.12. The molecule has 178 valence electrons. The van der Waals surface area contributed by atoms with E-state index in [0.717, 1.165) is 12.1 Å². The largest absolute Gasteiger partial charge is 0.392 e. The second-order valence-electron chi connectivity index (χ2n) is 8.77. The predicted octanol–water partition coefficient (Wildman–Crippen LogP) is 1.09. The van der Waals surface area contributed by atoms with Crippen LogP contribution in [0.15, 0.2) is 47.4 Å². The Labute approximate surface area is 198 Å². The number of nitrogens with one attached hydrogen (secondary N) is 1. The van der Waals surface area contributed by atoms with Crippen molar-refractivity contribution in [3.8, 4) is 6.07 Å². The molecule has 1 unspecified atom stereocenters. The summed E-state index contributed by atoms with van der Waals surface area (Å²) in [5.41, 5.74) is 2.08. The molecule has 2 aliphatic rings. The molecule has 1 saturated heterocycles. The highest BCUT2D eigenvalue weighted by Gasteiger charge is 2.30. The molecule has 2 aliphatic heterocycles. The Morgan fingerprint density at radius 3 is 2.82 bits per heavy atom. The Morgan fingerprint density at radius 1 is 1.32 bits per heavy atom. The van der Waals surface area contributed by atoms with E-state index in [1.807, 2.05) is 6.07 Å². The summed E-state index contributed by atoms with van der Waals surface area (Å²) < 4.78 is 24.5. The van der Waals surface area contributed by atoms with E-state index < -0.39 is 27.6 Å². The SMILES string of the molecule is CN(C(=O)Cc1ccc2c(c1)NC(=O)CS2(=O)=O)C(CN1CC[C@H](O)C1)c1cccc(C#N)c1. The number of rotatable bonds is 6. The number of likely N-dealkylation sites (tertiary alicyclic amines) is 1. The van der Waals surface area contributed by atoms with E-state index in [1.54, 1.807) is 36.2 Å². The van der Waals surface area contributed by atoms with Crippen molar-refractivity contribution in [1.82, 2.24) is 9.80 Å². The Hall–Kier alpha value is -3.26. The first kappa shape index (κ1) is 23.9. The van der Waals surface area contributed by atoms with Gasteiger partial charge in [-0.2, -0.15) is 5.26 Å². The minimum absolute atomic E-state index is 0.0107. The second kappa shape index (κ2) is 9.54. The molecule has 2 atom stereocenters. The van der Waals surface area contributed by atoms with Gasteiger partial charge in [0.15, 0.2) is 9.84 Å². The number of sulfone groups is 1. The van der Waals surface area contributed by atoms with E-state index >= 15 is 0 Å². The average molecular weight is 483 g/mol. The second-order valence-corrected chi connectivity index (χ2v) is 10.7. The van der Waals surface area contributed by atoms with E-state index in [4.69, 9.17) is 0 Å². The van der Waals surface area contributed by atoms with Gasteiger partial charge in [-0.3, -0.25) is 14.5 Å². The third-order valence-electron chi connectivity index (χ3n) is 6.27. The van der Waals surface area contributed by atoms with Crippen LogP contribution in [0.4, 0.5) is 5.69 Å². The minimum atomic E-state index is -3.69. The summed E-state index contributed by atoms with van der Waals surface area (Å²) in [7, 11) is -1.99. The van der Waals surface area contributed by atoms with Crippen molar-refractivity contribution in [2.24, 2.45) is 0 Å². The molecule has 0 bridgehead atoms. The molecular weight excluding hydrogens is 456 g/mol. The van der Waals surface area contributed by atoms with Gasteiger partial charge in [-0.05, 0) is 41.8 Å². The van der Waals surface area contributed by atoms with Crippen molar-refractivity contribution in [1.29, 1.82) is 5.26 Å². The summed E-state index contributed by atoms with van der Waals surface area (Å²) in [6, 6.07) is 13.4. The van der Waals surface area contributed by atoms with Gasteiger partial charge in [0.1, 0.15) is 5.75 Å². The maximum Gasteiger partial charge on any atom is 0.239 e. The van der Waals surface area contributed by atoms with Crippen molar-refractivity contribution < 1.29 is 23.1 Å². The highest BCUT2D eigenvalue weighted by atomic mass is 32.2. The smallest absolute Gasteiger partial charge is 0.239 e. The molecule has 0 radical (unpaired) electrons. The van der Waals surface area contributed by atoms with Crippen LogP contribution in [0.1, 0.15) is 29.2 Å². The van der Waals surface area contributed by atoms with Crippen LogP contribution in [0, 0.1) is 11.3 Å². The van der Waals surface area contributed by atoms with Crippen LogP contribution in [-0.2, 0) is 25.8 Å². The molecule has 2 amide bonds. The maximum atomic E-state index is 13.3. The monoisotopic (exact) mass is 482 g/mol. The number of nitriles is 1. The number of aliphatic hydroxyl groups excluding tert-OH is 1. The first-order valence-electron chi connectivity index (χ1n) is 11.0. The Kier molecular flexibility index (Phi) is 6.70.